The summed E-state index contributed by atoms with van der Waals surface area (Å²) >= 11 is 1.68. The van der Waals surface area contributed by atoms with Crippen LogP contribution < -0.4 is 0 Å². The molecule has 0 aliphatic rings. The van der Waals surface area contributed by atoms with Crippen LogP contribution >= 0.6 is 11.3 Å². The van der Waals surface area contributed by atoms with Crippen molar-refractivity contribution in [2.75, 3.05) is 0 Å². The lowest BCUT2D eigenvalue weighted by atomic mass is 10.0. The third kappa shape index (κ3) is 1.36. The van der Waals surface area contributed by atoms with Crippen LogP contribution in [0.5, 0.6) is 0 Å². The molecule has 0 unspecified atom stereocenters. The van der Waals surface area contributed by atoms with Gasteiger partial charge in [-0.3, -0.25) is 0 Å². The fourth-order valence-corrected chi connectivity index (χ4v) is 3.08. The van der Waals surface area contributed by atoms with Gasteiger partial charge in [0.15, 0.2) is 0 Å². The van der Waals surface area contributed by atoms with Crippen molar-refractivity contribution in [1.82, 2.24) is 0 Å². The maximum absolute atomic E-state index is 3.20. The Labute approximate surface area is 103 Å². The Bertz CT molecular complexity index is 771. The molecule has 3 aromatic carbocycles. The first-order valence-electron chi connectivity index (χ1n) is 5.62. The SMILES string of the molecule is [c]1cc2cc3cc4ccccc4cc3cc2s1. The second kappa shape index (κ2) is 3.31. The van der Waals surface area contributed by atoms with Gasteiger partial charge in [-0.25, -0.2) is 0 Å². The molecule has 0 atom stereocenters. The van der Waals surface area contributed by atoms with Gasteiger partial charge in [-0.1, -0.05) is 24.3 Å². The van der Waals surface area contributed by atoms with E-state index in [4.69, 9.17) is 0 Å². The number of thiophene rings is 1. The quantitative estimate of drug-likeness (QED) is 0.375. The normalized spacial score (nSPS) is 11.5. The van der Waals surface area contributed by atoms with Crippen molar-refractivity contribution in [3.63, 3.8) is 0 Å². The molecule has 4 rings (SSSR count). The zero-order valence-electron chi connectivity index (χ0n) is 9.10. The van der Waals surface area contributed by atoms with E-state index in [1.807, 2.05) is 0 Å². The molecular weight excluding hydrogens is 224 g/mol. The summed E-state index contributed by atoms with van der Waals surface area (Å²) in [5, 5.41) is 9.72. The van der Waals surface area contributed by atoms with Crippen molar-refractivity contribution < 1.29 is 0 Å². The van der Waals surface area contributed by atoms with Crippen LogP contribution in [-0.4, -0.2) is 0 Å². The van der Waals surface area contributed by atoms with Gasteiger partial charge in [0.2, 0.25) is 0 Å². The molecule has 1 heteroatoms. The van der Waals surface area contributed by atoms with Gasteiger partial charge in [0.1, 0.15) is 0 Å². The van der Waals surface area contributed by atoms with Crippen molar-refractivity contribution in [3.05, 3.63) is 60.0 Å². The Morgan fingerprint density at radius 2 is 1.35 bits per heavy atom. The molecule has 0 nitrogen and oxygen atoms in total. The highest BCUT2D eigenvalue weighted by molar-refractivity contribution is 7.16. The van der Waals surface area contributed by atoms with Crippen LogP contribution in [0.25, 0.3) is 31.6 Å². The van der Waals surface area contributed by atoms with E-state index in [1.54, 1.807) is 11.3 Å². The zero-order chi connectivity index (χ0) is 11.2. The van der Waals surface area contributed by atoms with Crippen LogP contribution in [0.3, 0.4) is 0 Å². The highest BCUT2D eigenvalue weighted by atomic mass is 32.1. The van der Waals surface area contributed by atoms with Crippen LogP contribution in [0.2, 0.25) is 0 Å². The highest BCUT2D eigenvalue weighted by Gasteiger charge is 2.01. The maximum Gasteiger partial charge on any atom is 0.0455 e. The van der Waals surface area contributed by atoms with Gasteiger partial charge in [-0.2, -0.15) is 0 Å². The van der Waals surface area contributed by atoms with E-state index in [2.05, 4.69) is 60.0 Å². The van der Waals surface area contributed by atoms with Crippen LogP contribution in [0.4, 0.5) is 0 Å². The predicted molar refractivity (Wildman–Crippen MR) is 75.7 cm³/mol. The summed E-state index contributed by atoms with van der Waals surface area (Å²) in [6, 6.07) is 19.6. The van der Waals surface area contributed by atoms with Gasteiger partial charge in [0.05, 0.1) is 0 Å². The van der Waals surface area contributed by atoms with Gasteiger partial charge in [0, 0.05) is 10.1 Å². The van der Waals surface area contributed by atoms with E-state index in [-0.39, 0.29) is 0 Å². The molecule has 4 aromatic rings. The molecule has 0 bridgehead atoms. The Kier molecular flexibility index (Phi) is 1.79. The molecule has 0 aliphatic carbocycles. The topological polar surface area (TPSA) is 0 Å². The minimum Gasteiger partial charge on any atom is -0.134 e. The Hall–Kier alpha value is -1.86. The largest absolute Gasteiger partial charge is 0.134 e. The molecule has 0 N–H and O–H groups in total. The molecule has 0 aliphatic heterocycles. The van der Waals surface area contributed by atoms with E-state index in [9.17, 15) is 0 Å². The smallest absolute Gasteiger partial charge is 0.0455 e. The first-order chi connectivity index (χ1) is 8.40. The van der Waals surface area contributed by atoms with E-state index in [1.165, 1.54) is 31.6 Å². The summed E-state index contributed by atoms with van der Waals surface area (Å²) in [4.78, 5) is 0. The molecular formula is C16H9S. The van der Waals surface area contributed by atoms with Crippen molar-refractivity contribution in [3.8, 4) is 0 Å². The Balaban J connectivity index is 2.23. The number of rotatable bonds is 0. The highest BCUT2D eigenvalue weighted by Crippen LogP contribution is 2.29. The number of fused-ring (bicyclic) bond motifs is 3. The van der Waals surface area contributed by atoms with Gasteiger partial charge >= 0.3 is 0 Å². The van der Waals surface area contributed by atoms with Crippen LogP contribution in [-0.2, 0) is 0 Å². The van der Waals surface area contributed by atoms with Crippen molar-refractivity contribution in [2.45, 2.75) is 0 Å². The summed E-state index contributed by atoms with van der Waals surface area (Å²) in [6.07, 6.45) is 0. The molecule has 1 heterocycles. The van der Waals surface area contributed by atoms with E-state index in [0.717, 1.165) is 0 Å². The molecule has 17 heavy (non-hydrogen) atoms. The third-order valence-electron chi connectivity index (χ3n) is 3.22. The van der Waals surface area contributed by atoms with Crippen LogP contribution in [0.1, 0.15) is 0 Å². The second-order valence-corrected chi connectivity index (χ2v) is 5.18. The summed E-state index contributed by atoms with van der Waals surface area (Å²) in [5.74, 6) is 0. The lowest BCUT2D eigenvalue weighted by Crippen LogP contribution is -1.75. The number of hydrogen-bond acceptors (Lipinski definition) is 1. The fourth-order valence-electron chi connectivity index (χ4n) is 2.35. The van der Waals surface area contributed by atoms with E-state index >= 15 is 0 Å². The summed E-state index contributed by atoms with van der Waals surface area (Å²) in [6.45, 7) is 0. The molecule has 79 valence electrons. The fraction of sp³-hybridized carbons (Fsp3) is 0. The Morgan fingerprint density at radius 3 is 2.12 bits per heavy atom. The molecule has 1 radical (unpaired) electrons. The van der Waals surface area contributed by atoms with E-state index in [0.29, 0.717) is 0 Å². The lowest BCUT2D eigenvalue weighted by molar-refractivity contribution is 1.80. The van der Waals surface area contributed by atoms with Gasteiger partial charge in [0.25, 0.3) is 0 Å². The van der Waals surface area contributed by atoms with Gasteiger partial charge < -0.3 is 0 Å². The zero-order valence-corrected chi connectivity index (χ0v) is 9.92. The minimum absolute atomic E-state index is 1.29. The molecule has 0 fully saturated rings. The molecule has 0 saturated carbocycles. The van der Waals surface area contributed by atoms with Crippen LogP contribution in [0.15, 0.2) is 54.6 Å². The number of hydrogen-bond donors (Lipinski definition) is 0. The average Bonchev–Trinajstić information content (AvgIpc) is 2.80. The standard InChI is InChI=1S/C16H9S/c1-2-4-12-8-15-10-16-13(5-6-17-16)9-14(15)7-11(12)3-1/h1-5,7-10H. The van der Waals surface area contributed by atoms with Crippen molar-refractivity contribution >= 4 is 43.0 Å². The molecule has 0 saturated heterocycles. The third-order valence-corrected chi connectivity index (χ3v) is 4.03. The second-order valence-electron chi connectivity index (χ2n) is 4.30. The average molecular weight is 233 g/mol. The first kappa shape index (κ1) is 9.20. The summed E-state index contributed by atoms with van der Waals surface area (Å²) in [5.41, 5.74) is 0. The molecule has 1 aromatic heterocycles. The predicted octanol–water partition coefficient (Wildman–Crippen LogP) is 5.01. The lowest BCUT2D eigenvalue weighted by Gasteiger charge is -2.02. The minimum atomic E-state index is 1.29. The van der Waals surface area contributed by atoms with Gasteiger partial charge in [-0.05, 0) is 57.3 Å². The van der Waals surface area contributed by atoms with Crippen molar-refractivity contribution in [1.29, 1.82) is 0 Å². The monoisotopic (exact) mass is 233 g/mol. The maximum atomic E-state index is 3.20. The molecule has 0 spiro atoms. The van der Waals surface area contributed by atoms with Gasteiger partial charge in [-0.15, -0.1) is 11.3 Å². The van der Waals surface area contributed by atoms with Crippen LogP contribution in [0, 0.1) is 5.38 Å². The summed E-state index contributed by atoms with van der Waals surface area (Å²) < 4.78 is 1.31. The summed E-state index contributed by atoms with van der Waals surface area (Å²) in [7, 11) is 0. The first-order valence-corrected chi connectivity index (χ1v) is 6.44. The molecule has 0 amide bonds. The van der Waals surface area contributed by atoms with E-state index < -0.39 is 0 Å². The Morgan fingerprint density at radius 1 is 0.706 bits per heavy atom. The number of benzene rings is 3. The van der Waals surface area contributed by atoms with Crippen molar-refractivity contribution in [2.24, 2.45) is 0 Å².